The first kappa shape index (κ1) is 16.2. The highest BCUT2D eigenvalue weighted by molar-refractivity contribution is 5.72. The molecule has 2 aromatic rings. The van der Waals surface area contributed by atoms with Gasteiger partial charge in [-0.3, -0.25) is 0 Å². The summed E-state index contributed by atoms with van der Waals surface area (Å²) in [6, 6.07) is 6.49. The molecule has 0 aliphatic carbocycles. The Bertz CT molecular complexity index is 668. The quantitative estimate of drug-likeness (QED) is 0.643. The lowest BCUT2D eigenvalue weighted by Gasteiger charge is -2.22. The number of nitrogens with zero attached hydrogens (tertiary/aromatic N) is 3. The van der Waals surface area contributed by atoms with Gasteiger partial charge in [0.05, 0.1) is 18.5 Å². The van der Waals surface area contributed by atoms with Crippen LogP contribution in [-0.4, -0.2) is 42.9 Å². The number of benzene rings is 1. The highest BCUT2D eigenvalue weighted by Crippen LogP contribution is 2.31. The zero-order valence-electron chi connectivity index (χ0n) is 14.4. The third-order valence-electron chi connectivity index (χ3n) is 3.28. The maximum Gasteiger partial charge on any atom is 0.316 e. The Morgan fingerprint density at radius 2 is 1.55 bits per heavy atom. The number of hydroxylamine groups is 3. The van der Waals surface area contributed by atoms with E-state index in [-0.39, 0.29) is 0 Å². The Kier molecular flexibility index (Phi) is 4.37. The molecular formula is C17H24N3O2+. The topological polar surface area (TPSA) is 44.2 Å². The van der Waals surface area contributed by atoms with Gasteiger partial charge in [0.15, 0.2) is 5.75 Å². The predicted molar refractivity (Wildman–Crippen MR) is 86.9 cm³/mol. The number of aryl methyl sites for hydroxylation is 3. The van der Waals surface area contributed by atoms with E-state index >= 15 is 0 Å². The van der Waals surface area contributed by atoms with Crippen LogP contribution in [0.2, 0.25) is 0 Å². The minimum Gasteiger partial charge on any atom is -0.467 e. The Morgan fingerprint density at radius 1 is 0.955 bits per heavy atom. The second-order valence-electron chi connectivity index (χ2n) is 6.21. The van der Waals surface area contributed by atoms with Gasteiger partial charge in [0.25, 0.3) is 0 Å². The number of methoxy groups -OCH3 is 1. The molecule has 0 N–H and O–H groups in total. The predicted octanol–water partition coefficient (Wildman–Crippen LogP) is 3.08. The maximum atomic E-state index is 5.86. The van der Waals surface area contributed by atoms with E-state index in [0.29, 0.717) is 10.7 Å². The molecular weight excluding hydrogens is 278 g/mol. The molecule has 5 nitrogen and oxygen atoms in total. The SMILES string of the molecule is COc1nc(C)c(-c2ccc(O[N+](C)(C)C)cc2C)c(C)n1. The molecule has 0 amide bonds. The van der Waals surface area contributed by atoms with Gasteiger partial charge in [-0.05, 0) is 44.0 Å². The molecule has 5 heteroatoms. The monoisotopic (exact) mass is 302 g/mol. The van der Waals surface area contributed by atoms with Crippen LogP contribution in [0.4, 0.5) is 0 Å². The molecule has 0 aliphatic heterocycles. The summed E-state index contributed by atoms with van der Waals surface area (Å²) in [5, 5.41) is 0. The van der Waals surface area contributed by atoms with Crippen LogP contribution < -0.4 is 9.57 Å². The molecule has 0 radical (unpaired) electrons. The first-order chi connectivity index (χ1) is 10.2. The minimum atomic E-state index is 0.404. The lowest BCUT2D eigenvalue weighted by Crippen LogP contribution is -2.38. The van der Waals surface area contributed by atoms with Gasteiger partial charge in [-0.2, -0.15) is 9.97 Å². The highest BCUT2D eigenvalue weighted by atomic mass is 16.7. The van der Waals surface area contributed by atoms with Crippen LogP contribution in [0.3, 0.4) is 0 Å². The molecule has 1 aromatic carbocycles. The molecule has 0 fully saturated rings. The average molecular weight is 302 g/mol. The first-order valence-electron chi connectivity index (χ1n) is 7.22. The summed E-state index contributed by atoms with van der Waals surface area (Å²) in [4.78, 5) is 14.6. The molecule has 0 saturated carbocycles. The number of ether oxygens (including phenoxy) is 1. The van der Waals surface area contributed by atoms with Crippen molar-refractivity contribution in [1.29, 1.82) is 0 Å². The second kappa shape index (κ2) is 5.93. The summed E-state index contributed by atoms with van der Waals surface area (Å²) in [7, 11) is 7.52. The molecule has 0 aliphatic rings. The van der Waals surface area contributed by atoms with Crippen LogP contribution in [0, 0.1) is 20.8 Å². The van der Waals surface area contributed by atoms with Crippen molar-refractivity contribution in [2.75, 3.05) is 28.3 Å². The molecule has 22 heavy (non-hydrogen) atoms. The van der Waals surface area contributed by atoms with Crippen molar-refractivity contribution in [2.24, 2.45) is 0 Å². The number of hydrogen-bond acceptors (Lipinski definition) is 4. The van der Waals surface area contributed by atoms with Gasteiger partial charge in [-0.1, -0.05) is 6.07 Å². The van der Waals surface area contributed by atoms with Gasteiger partial charge in [0.1, 0.15) is 21.1 Å². The highest BCUT2D eigenvalue weighted by Gasteiger charge is 2.15. The lowest BCUT2D eigenvalue weighted by atomic mass is 9.98. The van der Waals surface area contributed by atoms with Crippen molar-refractivity contribution in [3.05, 3.63) is 35.2 Å². The number of quaternary nitrogens is 1. The Morgan fingerprint density at radius 3 is 2.00 bits per heavy atom. The fourth-order valence-electron chi connectivity index (χ4n) is 2.46. The van der Waals surface area contributed by atoms with Crippen molar-refractivity contribution >= 4 is 0 Å². The smallest absolute Gasteiger partial charge is 0.316 e. The number of rotatable bonds is 4. The minimum absolute atomic E-state index is 0.404. The van der Waals surface area contributed by atoms with E-state index in [1.165, 1.54) is 0 Å². The summed E-state index contributed by atoms with van der Waals surface area (Å²) < 4.78 is 5.55. The van der Waals surface area contributed by atoms with E-state index < -0.39 is 0 Å². The fraction of sp³-hybridized carbons (Fsp3) is 0.412. The normalized spacial score (nSPS) is 11.4. The summed E-state index contributed by atoms with van der Waals surface area (Å²) in [6.45, 7) is 6.02. The van der Waals surface area contributed by atoms with Crippen LogP contribution in [0.1, 0.15) is 17.0 Å². The van der Waals surface area contributed by atoms with Gasteiger partial charge >= 0.3 is 6.01 Å². The molecule has 1 heterocycles. The molecule has 1 aromatic heterocycles. The van der Waals surface area contributed by atoms with Crippen LogP contribution in [0.15, 0.2) is 18.2 Å². The van der Waals surface area contributed by atoms with Gasteiger partial charge in [0, 0.05) is 5.56 Å². The molecule has 2 rings (SSSR count). The molecule has 118 valence electrons. The van der Waals surface area contributed by atoms with E-state index in [0.717, 1.165) is 33.8 Å². The summed E-state index contributed by atoms with van der Waals surface area (Å²) >= 11 is 0. The molecule has 0 saturated heterocycles. The zero-order valence-corrected chi connectivity index (χ0v) is 14.4. The number of hydrogen-bond donors (Lipinski definition) is 0. The standard InChI is InChI=1S/C17H24N3O2/c1-11-10-14(22-20(4,5)6)8-9-15(11)16-12(2)18-17(21-7)19-13(16)3/h8-10H,1-7H3/q+1. The van der Waals surface area contributed by atoms with E-state index in [1.54, 1.807) is 7.11 Å². The van der Waals surface area contributed by atoms with Gasteiger partial charge in [-0.25, -0.2) is 0 Å². The Hall–Kier alpha value is -2.14. The third kappa shape index (κ3) is 3.54. The second-order valence-corrected chi connectivity index (χ2v) is 6.21. The first-order valence-corrected chi connectivity index (χ1v) is 7.22. The largest absolute Gasteiger partial charge is 0.467 e. The van der Waals surface area contributed by atoms with Crippen molar-refractivity contribution in [3.8, 4) is 22.9 Å². The van der Waals surface area contributed by atoms with Crippen molar-refractivity contribution in [1.82, 2.24) is 9.97 Å². The van der Waals surface area contributed by atoms with Crippen molar-refractivity contribution < 1.29 is 14.2 Å². The molecule has 0 bridgehead atoms. The van der Waals surface area contributed by atoms with E-state index in [2.05, 4.69) is 23.0 Å². The van der Waals surface area contributed by atoms with E-state index in [9.17, 15) is 0 Å². The lowest BCUT2D eigenvalue weighted by molar-refractivity contribution is -1.03. The number of aromatic nitrogens is 2. The van der Waals surface area contributed by atoms with Crippen molar-refractivity contribution in [3.63, 3.8) is 0 Å². The van der Waals surface area contributed by atoms with Crippen LogP contribution in [-0.2, 0) is 0 Å². The average Bonchev–Trinajstić information content (AvgIpc) is 2.38. The van der Waals surface area contributed by atoms with Crippen LogP contribution in [0.25, 0.3) is 11.1 Å². The van der Waals surface area contributed by atoms with Crippen LogP contribution in [0.5, 0.6) is 11.8 Å². The van der Waals surface area contributed by atoms with E-state index in [4.69, 9.17) is 9.57 Å². The molecule has 0 spiro atoms. The molecule has 0 atom stereocenters. The zero-order chi connectivity index (χ0) is 16.5. The van der Waals surface area contributed by atoms with Crippen LogP contribution >= 0.6 is 0 Å². The third-order valence-corrected chi connectivity index (χ3v) is 3.28. The fourth-order valence-corrected chi connectivity index (χ4v) is 2.46. The van der Waals surface area contributed by atoms with Crippen molar-refractivity contribution in [2.45, 2.75) is 20.8 Å². The summed E-state index contributed by atoms with van der Waals surface area (Å²) in [5.41, 5.74) is 5.12. The summed E-state index contributed by atoms with van der Waals surface area (Å²) in [6.07, 6.45) is 0. The van der Waals surface area contributed by atoms with E-state index in [1.807, 2.05) is 47.1 Å². The Balaban J connectivity index is 2.46. The van der Waals surface area contributed by atoms with Gasteiger partial charge in [-0.15, -0.1) is 4.65 Å². The Labute approximate surface area is 132 Å². The van der Waals surface area contributed by atoms with Gasteiger partial charge < -0.3 is 9.57 Å². The molecule has 0 unspecified atom stereocenters. The van der Waals surface area contributed by atoms with Gasteiger partial charge in [0.2, 0.25) is 0 Å². The maximum absolute atomic E-state index is 5.86. The summed E-state index contributed by atoms with van der Waals surface area (Å²) in [5.74, 6) is 0.846.